The molecule has 0 spiro atoms. The molecule has 122 valence electrons. The predicted molar refractivity (Wildman–Crippen MR) is 73.8 cm³/mol. The molecule has 0 heterocycles. The maximum atomic E-state index is 13.5. The number of nitrogens with zero attached hydrogens (tertiary/aromatic N) is 1. The van der Waals surface area contributed by atoms with Crippen molar-refractivity contribution in [2.45, 2.75) is 4.90 Å². The highest BCUT2D eigenvalue weighted by Crippen LogP contribution is 2.31. The second-order valence-corrected chi connectivity index (χ2v) is 5.72. The smallest absolute Gasteiger partial charge is 0.346 e. The van der Waals surface area contributed by atoms with Gasteiger partial charge in [-0.3, -0.25) is 10.1 Å². The summed E-state index contributed by atoms with van der Waals surface area (Å²) in [4.78, 5) is 9.28. The molecule has 0 atom stereocenters. The quantitative estimate of drug-likeness (QED) is 0.470. The number of rotatable bonds is 5. The highest BCUT2D eigenvalue weighted by molar-refractivity contribution is 7.87. The van der Waals surface area contributed by atoms with Gasteiger partial charge < -0.3 is 8.92 Å². The molecule has 2 aromatic rings. The van der Waals surface area contributed by atoms with E-state index in [0.717, 1.165) is 24.3 Å². The first kappa shape index (κ1) is 16.6. The van der Waals surface area contributed by atoms with Crippen LogP contribution in [-0.4, -0.2) is 20.5 Å². The van der Waals surface area contributed by atoms with Crippen LogP contribution in [0.5, 0.6) is 11.5 Å². The van der Waals surface area contributed by atoms with Gasteiger partial charge in [-0.2, -0.15) is 8.42 Å². The van der Waals surface area contributed by atoms with E-state index < -0.39 is 43.0 Å². The van der Waals surface area contributed by atoms with E-state index in [0.29, 0.717) is 6.07 Å². The van der Waals surface area contributed by atoms with E-state index in [-0.39, 0.29) is 5.75 Å². The molecule has 0 amide bonds. The molecule has 10 heteroatoms. The van der Waals surface area contributed by atoms with Crippen LogP contribution in [0.2, 0.25) is 0 Å². The molecule has 0 fully saturated rings. The zero-order chi connectivity index (χ0) is 17.2. The largest absolute Gasteiger partial charge is 0.497 e. The Bertz CT molecular complexity index is 869. The highest BCUT2D eigenvalue weighted by Gasteiger charge is 2.29. The molecule has 0 N–H and O–H groups in total. The van der Waals surface area contributed by atoms with Gasteiger partial charge in [0.25, 0.3) is 5.69 Å². The lowest BCUT2D eigenvalue weighted by molar-refractivity contribution is -0.388. The number of hydrogen-bond acceptors (Lipinski definition) is 6. The minimum atomic E-state index is -4.71. The number of nitro groups is 1. The maximum absolute atomic E-state index is 13.5. The van der Waals surface area contributed by atoms with Gasteiger partial charge in [0.1, 0.15) is 11.6 Å². The molecule has 2 aromatic carbocycles. The van der Waals surface area contributed by atoms with E-state index in [2.05, 4.69) is 4.18 Å². The van der Waals surface area contributed by atoms with Gasteiger partial charge in [0.05, 0.1) is 18.1 Å². The van der Waals surface area contributed by atoms with Crippen LogP contribution >= 0.6 is 0 Å². The zero-order valence-electron chi connectivity index (χ0n) is 11.5. The second-order valence-electron chi connectivity index (χ2n) is 4.20. The van der Waals surface area contributed by atoms with E-state index in [1.807, 2.05) is 0 Å². The number of ether oxygens (including phenoxy) is 1. The van der Waals surface area contributed by atoms with Crippen molar-refractivity contribution in [1.82, 2.24) is 0 Å². The van der Waals surface area contributed by atoms with Crippen molar-refractivity contribution in [3.63, 3.8) is 0 Å². The third-order valence-corrected chi connectivity index (χ3v) is 4.01. The zero-order valence-corrected chi connectivity index (χ0v) is 12.3. The van der Waals surface area contributed by atoms with Crippen LogP contribution in [0.1, 0.15) is 0 Å². The van der Waals surface area contributed by atoms with E-state index in [1.165, 1.54) is 13.2 Å². The van der Waals surface area contributed by atoms with Crippen molar-refractivity contribution < 1.29 is 31.0 Å². The normalized spacial score (nSPS) is 11.1. The molecular formula is C13H9F2NO6S. The van der Waals surface area contributed by atoms with Crippen molar-refractivity contribution in [3.05, 3.63) is 58.1 Å². The summed E-state index contributed by atoms with van der Waals surface area (Å²) >= 11 is 0. The predicted octanol–water partition coefficient (Wildman–Crippen LogP) is 2.65. The number of halogens is 2. The van der Waals surface area contributed by atoms with E-state index in [4.69, 9.17) is 4.74 Å². The van der Waals surface area contributed by atoms with E-state index in [1.54, 1.807) is 0 Å². The summed E-state index contributed by atoms with van der Waals surface area (Å²) in [7, 11) is -3.46. The highest BCUT2D eigenvalue weighted by atomic mass is 32.2. The molecule has 0 saturated carbocycles. The molecule has 0 aromatic heterocycles. The summed E-state index contributed by atoms with van der Waals surface area (Å²) in [5.41, 5.74) is -0.799. The Morgan fingerprint density at radius 3 is 2.39 bits per heavy atom. The first-order chi connectivity index (χ1) is 10.7. The molecule has 0 bridgehead atoms. The molecule has 7 nitrogen and oxygen atoms in total. The van der Waals surface area contributed by atoms with E-state index >= 15 is 0 Å². The van der Waals surface area contributed by atoms with Gasteiger partial charge in [0.15, 0.2) is 16.5 Å². The van der Waals surface area contributed by atoms with Gasteiger partial charge in [-0.1, -0.05) is 0 Å². The lowest BCUT2D eigenvalue weighted by atomic mass is 10.3. The molecule has 23 heavy (non-hydrogen) atoms. The number of hydrogen-bond donors (Lipinski definition) is 0. The summed E-state index contributed by atoms with van der Waals surface area (Å²) in [6.45, 7) is 0. The minimum Gasteiger partial charge on any atom is -0.497 e. The van der Waals surface area contributed by atoms with Gasteiger partial charge in [0.2, 0.25) is 0 Å². The van der Waals surface area contributed by atoms with Gasteiger partial charge in [-0.15, -0.1) is 0 Å². The Labute approximate surface area is 129 Å². The molecule has 2 rings (SSSR count). The number of benzene rings is 2. The maximum Gasteiger partial charge on any atom is 0.346 e. The van der Waals surface area contributed by atoms with Gasteiger partial charge in [-0.25, -0.2) is 8.78 Å². The molecule has 0 unspecified atom stereocenters. The monoisotopic (exact) mass is 345 g/mol. The summed E-state index contributed by atoms with van der Waals surface area (Å²) in [6.07, 6.45) is 0. The number of nitro benzene ring substituents is 1. The van der Waals surface area contributed by atoms with Crippen LogP contribution in [0.4, 0.5) is 14.5 Å². The molecule has 0 aliphatic heterocycles. The Balaban J connectivity index is 2.49. The first-order valence-electron chi connectivity index (χ1n) is 5.96. The van der Waals surface area contributed by atoms with Gasteiger partial charge in [0, 0.05) is 6.07 Å². The molecular weight excluding hydrogens is 336 g/mol. The van der Waals surface area contributed by atoms with E-state index in [9.17, 15) is 27.3 Å². The fourth-order valence-electron chi connectivity index (χ4n) is 1.68. The Morgan fingerprint density at radius 1 is 1.13 bits per heavy atom. The second kappa shape index (κ2) is 6.16. The van der Waals surface area contributed by atoms with Gasteiger partial charge in [-0.05, 0) is 24.3 Å². The third kappa shape index (κ3) is 3.54. The van der Waals surface area contributed by atoms with Crippen LogP contribution in [0, 0.1) is 21.7 Å². The number of methoxy groups -OCH3 is 1. The van der Waals surface area contributed by atoms with Crippen LogP contribution in [-0.2, 0) is 10.1 Å². The average molecular weight is 345 g/mol. The fourth-order valence-corrected chi connectivity index (χ4v) is 2.77. The van der Waals surface area contributed by atoms with Crippen molar-refractivity contribution >= 4 is 15.8 Å². The molecule has 0 aliphatic rings. The standard InChI is InChI=1S/C13H9F2NO6S/c1-21-9-3-5-13(11(7-9)16(17)18)23(19,20)22-12-4-2-8(14)6-10(12)15/h2-7H,1H3. The van der Waals surface area contributed by atoms with Crippen LogP contribution in [0.15, 0.2) is 41.3 Å². The minimum absolute atomic E-state index is 0.0589. The van der Waals surface area contributed by atoms with Crippen LogP contribution < -0.4 is 8.92 Å². The summed E-state index contributed by atoms with van der Waals surface area (Å²) < 4.78 is 59.9. The lowest BCUT2D eigenvalue weighted by Crippen LogP contribution is -2.13. The SMILES string of the molecule is COc1ccc(S(=O)(=O)Oc2ccc(F)cc2F)c([N+](=O)[O-])c1. The fraction of sp³-hybridized carbons (Fsp3) is 0.0769. The first-order valence-corrected chi connectivity index (χ1v) is 7.37. The van der Waals surface area contributed by atoms with Crippen LogP contribution in [0.3, 0.4) is 0 Å². The average Bonchev–Trinajstić information content (AvgIpc) is 2.49. The van der Waals surface area contributed by atoms with Crippen molar-refractivity contribution in [2.75, 3.05) is 7.11 Å². The van der Waals surface area contributed by atoms with Gasteiger partial charge >= 0.3 is 10.1 Å². The Morgan fingerprint density at radius 2 is 1.83 bits per heavy atom. The molecule has 0 aliphatic carbocycles. The molecule has 0 saturated heterocycles. The van der Waals surface area contributed by atoms with Crippen molar-refractivity contribution in [1.29, 1.82) is 0 Å². The van der Waals surface area contributed by atoms with Crippen molar-refractivity contribution in [2.24, 2.45) is 0 Å². The molecule has 0 radical (unpaired) electrons. The third-order valence-electron chi connectivity index (χ3n) is 2.73. The summed E-state index contributed by atoms with van der Waals surface area (Å²) in [5, 5.41) is 11.0. The topological polar surface area (TPSA) is 95.7 Å². The Hall–Kier alpha value is -2.75. The summed E-state index contributed by atoms with van der Waals surface area (Å²) in [5.74, 6) is -2.91. The lowest BCUT2D eigenvalue weighted by Gasteiger charge is -2.09. The Kier molecular flexibility index (Phi) is 4.45. The summed E-state index contributed by atoms with van der Waals surface area (Å²) in [6, 6.07) is 4.93. The van der Waals surface area contributed by atoms with Crippen LogP contribution in [0.25, 0.3) is 0 Å². The van der Waals surface area contributed by atoms with Crippen molar-refractivity contribution in [3.8, 4) is 11.5 Å².